The van der Waals surface area contributed by atoms with Crippen LogP contribution in [0.4, 0.5) is 0 Å². The van der Waals surface area contributed by atoms with E-state index in [1.54, 1.807) is 0 Å². The van der Waals surface area contributed by atoms with Crippen molar-refractivity contribution in [1.29, 1.82) is 0 Å². The average Bonchev–Trinajstić information content (AvgIpc) is 2.42. The predicted octanol–water partition coefficient (Wildman–Crippen LogP) is -0.817. The van der Waals surface area contributed by atoms with Crippen LogP contribution in [0, 0.1) is 0 Å². The van der Waals surface area contributed by atoms with Crippen LogP contribution in [0.5, 0.6) is 0 Å². The maximum atomic E-state index is 5.17. The maximum absolute atomic E-state index is 5.17. The van der Waals surface area contributed by atoms with Gasteiger partial charge in [0.25, 0.3) is 0 Å². The Balaban J connectivity index is -0.000000206. The fraction of sp³-hybridized carbons (Fsp3) is 1.00. The van der Waals surface area contributed by atoms with Crippen molar-refractivity contribution in [3.05, 3.63) is 0 Å². The lowest BCUT2D eigenvalue weighted by Gasteiger charge is -1.95. The SMILES string of the molecule is CCCCC.NCCNCCN.NCCNCCN. The molecule has 0 amide bonds. The highest BCUT2D eigenvalue weighted by molar-refractivity contribution is 4.45. The standard InChI is InChI=1S/C5H12.2C4H13N3/c1-3-5-4-2;2*5-1-3-7-4-2-6/h3-5H2,1-2H3;2*7H,1-6H2. The van der Waals surface area contributed by atoms with Crippen LogP contribution in [0.3, 0.4) is 0 Å². The summed E-state index contributed by atoms with van der Waals surface area (Å²) in [7, 11) is 0. The largest absolute Gasteiger partial charge is 0.329 e. The molecule has 120 valence electrons. The molecule has 0 rings (SSSR count). The third-order valence-corrected chi connectivity index (χ3v) is 1.99. The first-order chi connectivity index (χ1) is 9.24. The van der Waals surface area contributed by atoms with Crippen molar-refractivity contribution < 1.29 is 0 Å². The van der Waals surface area contributed by atoms with E-state index in [-0.39, 0.29) is 0 Å². The van der Waals surface area contributed by atoms with Crippen LogP contribution in [0.1, 0.15) is 33.1 Å². The van der Waals surface area contributed by atoms with Crippen LogP contribution in [-0.4, -0.2) is 52.4 Å². The van der Waals surface area contributed by atoms with Gasteiger partial charge < -0.3 is 33.6 Å². The summed E-state index contributed by atoms with van der Waals surface area (Å²) in [6.45, 7) is 10.7. The second-order valence-electron chi connectivity index (χ2n) is 4.01. The second-order valence-corrected chi connectivity index (χ2v) is 4.01. The first-order valence-corrected chi connectivity index (χ1v) is 7.46. The van der Waals surface area contributed by atoms with E-state index in [2.05, 4.69) is 24.5 Å². The van der Waals surface area contributed by atoms with Crippen LogP contribution >= 0.6 is 0 Å². The summed E-state index contributed by atoms with van der Waals surface area (Å²) in [5, 5.41) is 6.07. The Labute approximate surface area is 120 Å². The number of nitrogens with two attached hydrogens (primary N) is 4. The van der Waals surface area contributed by atoms with Gasteiger partial charge >= 0.3 is 0 Å². The highest BCUT2D eigenvalue weighted by atomic mass is 14.9. The van der Waals surface area contributed by atoms with E-state index in [4.69, 9.17) is 22.9 Å². The van der Waals surface area contributed by atoms with Crippen LogP contribution in [-0.2, 0) is 0 Å². The van der Waals surface area contributed by atoms with Crippen LogP contribution in [0.15, 0.2) is 0 Å². The third-order valence-electron chi connectivity index (χ3n) is 1.99. The molecule has 0 aromatic rings. The molecule has 6 heteroatoms. The molecule has 0 unspecified atom stereocenters. The molecule has 10 N–H and O–H groups in total. The highest BCUT2D eigenvalue weighted by Gasteiger charge is 1.77. The van der Waals surface area contributed by atoms with E-state index in [1.807, 2.05) is 0 Å². The van der Waals surface area contributed by atoms with Crippen molar-refractivity contribution in [2.45, 2.75) is 33.1 Å². The fourth-order valence-electron chi connectivity index (χ4n) is 1.01. The lowest BCUT2D eigenvalue weighted by molar-refractivity contribution is 0.696. The zero-order valence-corrected chi connectivity index (χ0v) is 13.1. The maximum Gasteiger partial charge on any atom is 0.00750 e. The van der Waals surface area contributed by atoms with Crippen molar-refractivity contribution in [2.24, 2.45) is 22.9 Å². The first kappa shape index (κ1) is 23.8. The molecule has 0 aliphatic heterocycles. The van der Waals surface area contributed by atoms with Gasteiger partial charge in [-0.1, -0.05) is 33.1 Å². The fourth-order valence-corrected chi connectivity index (χ4v) is 1.01. The number of rotatable bonds is 10. The Hall–Kier alpha value is -0.240. The summed E-state index contributed by atoms with van der Waals surface area (Å²) < 4.78 is 0. The zero-order valence-electron chi connectivity index (χ0n) is 13.1. The molecule has 0 saturated carbocycles. The van der Waals surface area contributed by atoms with Crippen LogP contribution < -0.4 is 33.6 Å². The molecule has 6 nitrogen and oxygen atoms in total. The van der Waals surface area contributed by atoms with E-state index in [0.29, 0.717) is 26.2 Å². The summed E-state index contributed by atoms with van der Waals surface area (Å²) in [5.41, 5.74) is 20.7. The molecule has 0 aromatic carbocycles. The minimum Gasteiger partial charge on any atom is -0.329 e. The van der Waals surface area contributed by atoms with E-state index in [1.165, 1.54) is 19.3 Å². The zero-order chi connectivity index (χ0) is 15.2. The Morgan fingerprint density at radius 2 is 0.842 bits per heavy atom. The molecule has 0 aliphatic carbocycles. The molecule has 0 spiro atoms. The first-order valence-electron chi connectivity index (χ1n) is 7.46. The van der Waals surface area contributed by atoms with E-state index in [0.717, 1.165) is 26.2 Å². The quantitative estimate of drug-likeness (QED) is 0.290. The van der Waals surface area contributed by atoms with Crippen molar-refractivity contribution in [3.63, 3.8) is 0 Å². The van der Waals surface area contributed by atoms with Crippen LogP contribution in [0.25, 0.3) is 0 Å². The molecule has 0 atom stereocenters. The molecule has 0 fully saturated rings. The van der Waals surface area contributed by atoms with E-state index in [9.17, 15) is 0 Å². The molecule has 0 radical (unpaired) electrons. The van der Waals surface area contributed by atoms with Gasteiger partial charge in [-0.2, -0.15) is 0 Å². The van der Waals surface area contributed by atoms with Crippen molar-refractivity contribution in [2.75, 3.05) is 52.4 Å². The van der Waals surface area contributed by atoms with Gasteiger partial charge in [-0.15, -0.1) is 0 Å². The predicted molar refractivity (Wildman–Crippen MR) is 87.2 cm³/mol. The smallest absolute Gasteiger partial charge is 0.00750 e. The van der Waals surface area contributed by atoms with Crippen LogP contribution in [0.2, 0.25) is 0 Å². The van der Waals surface area contributed by atoms with Gasteiger partial charge in [-0.05, 0) is 0 Å². The van der Waals surface area contributed by atoms with Gasteiger partial charge in [0.05, 0.1) is 0 Å². The van der Waals surface area contributed by atoms with Gasteiger partial charge in [0.15, 0.2) is 0 Å². The van der Waals surface area contributed by atoms with Gasteiger partial charge in [0, 0.05) is 52.4 Å². The van der Waals surface area contributed by atoms with Crippen molar-refractivity contribution in [1.82, 2.24) is 10.6 Å². The molecule has 0 saturated heterocycles. The average molecular weight is 278 g/mol. The molecule has 0 aliphatic rings. The minimum atomic E-state index is 0.694. The lowest BCUT2D eigenvalue weighted by atomic mass is 10.3. The highest BCUT2D eigenvalue weighted by Crippen LogP contribution is 1.88. The third kappa shape index (κ3) is 46.3. The summed E-state index contributed by atoms with van der Waals surface area (Å²) in [5.74, 6) is 0. The normalized spacial score (nSPS) is 9.16. The Kier molecular flexibility index (Phi) is 38.4. The number of nitrogens with one attached hydrogen (secondary N) is 2. The van der Waals surface area contributed by atoms with Gasteiger partial charge in [0.2, 0.25) is 0 Å². The Morgan fingerprint density at radius 3 is 0.947 bits per heavy atom. The monoisotopic (exact) mass is 278 g/mol. The van der Waals surface area contributed by atoms with E-state index < -0.39 is 0 Å². The molecule has 0 bridgehead atoms. The van der Waals surface area contributed by atoms with E-state index >= 15 is 0 Å². The second kappa shape index (κ2) is 30.6. The molecular weight excluding hydrogens is 240 g/mol. The topological polar surface area (TPSA) is 128 Å². The lowest BCUT2D eigenvalue weighted by Crippen LogP contribution is -2.27. The van der Waals surface area contributed by atoms with Gasteiger partial charge in [-0.25, -0.2) is 0 Å². The Morgan fingerprint density at radius 1 is 0.579 bits per heavy atom. The van der Waals surface area contributed by atoms with Crippen molar-refractivity contribution in [3.8, 4) is 0 Å². The molecular formula is C13H38N6. The summed E-state index contributed by atoms with van der Waals surface area (Å²) in [6.07, 6.45) is 4.08. The summed E-state index contributed by atoms with van der Waals surface area (Å²) in [6, 6.07) is 0. The summed E-state index contributed by atoms with van der Waals surface area (Å²) >= 11 is 0. The van der Waals surface area contributed by atoms with Gasteiger partial charge in [0.1, 0.15) is 0 Å². The van der Waals surface area contributed by atoms with Gasteiger partial charge in [-0.3, -0.25) is 0 Å². The molecule has 19 heavy (non-hydrogen) atoms. The number of unbranched alkanes of at least 4 members (excludes halogenated alkanes) is 2. The number of hydrogen-bond acceptors (Lipinski definition) is 6. The van der Waals surface area contributed by atoms with Crippen molar-refractivity contribution >= 4 is 0 Å². The minimum absolute atomic E-state index is 0.694. The number of hydrogen-bond donors (Lipinski definition) is 6. The molecule has 0 heterocycles. The Bertz CT molecular complexity index is 93.3. The molecule has 0 aromatic heterocycles. The summed E-state index contributed by atoms with van der Waals surface area (Å²) in [4.78, 5) is 0.